The number of hydrogen-bond acceptors (Lipinski definition) is 4. The Bertz CT molecular complexity index is 1020. The highest BCUT2D eigenvalue weighted by atomic mass is 32.2. The van der Waals surface area contributed by atoms with Crippen LogP contribution in [0.1, 0.15) is 20.7 Å². The number of nitrogens with zero attached hydrogens (tertiary/aromatic N) is 1. The van der Waals surface area contributed by atoms with E-state index in [2.05, 4.69) is 15.6 Å². The van der Waals surface area contributed by atoms with Crippen molar-refractivity contribution in [3.63, 3.8) is 0 Å². The molecule has 0 radical (unpaired) electrons. The quantitative estimate of drug-likeness (QED) is 0.714. The maximum absolute atomic E-state index is 13.5. The summed E-state index contributed by atoms with van der Waals surface area (Å²) in [5.41, 5.74) is 1.94. The van der Waals surface area contributed by atoms with Crippen LogP contribution in [0.5, 0.6) is 0 Å². The Morgan fingerprint density at radius 2 is 1.85 bits per heavy atom. The molecular weight excluding hydrogens is 353 g/mol. The predicted molar refractivity (Wildman–Crippen MR) is 97.1 cm³/mol. The molecule has 26 heavy (non-hydrogen) atoms. The second-order valence-corrected chi connectivity index (χ2v) is 6.68. The highest BCUT2D eigenvalue weighted by Gasteiger charge is 2.21. The summed E-state index contributed by atoms with van der Waals surface area (Å²) >= 11 is 1.28. The van der Waals surface area contributed by atoms with E-state index >= 15 is 0 Å². The SMILES string of the molecule is O=C(Nc1ccncc1)c1ccc2c(c1)NC(=O)c1ccc(F)cc1S2. The van der Waals surface area contributed by atoms with E-state index in [1.54, 1.807) is 42.7 Å². The molecule has 0 aliphatic carbocycles. The zero-order valence-electron chi connectivity index (χ0n) is 13.3. The Labute approximate surface area is 152 Å². The van der Waals surface area contributed by atoms with Gasteiger partial charge in [-0.25, -0.2) is 4.39 Å². The number of hydrogen-bond donors (Lipinski definition) is 2. The molecule has 3 aromatic rings. The predicted octanol–water partition coefficient (Wildman–Crippen LogP) is 4.19. The van der Waals surface area contributed by atoms with Crippen LogP contribution in [-0.4, -0.2) is 16.8 Å². The minimum absolute atomic E-state index is 0.300. The third kappa shape index (κ3) is 3.16. The van der Waals surface area contributed by atoms with E-state index in [-0.39, 0.29) is 11.8 Å². The molecule has 0 bridgehead atoms. The van der Waals surface area contributed by atoms with E-state index in [4.69, 9.17) is 0 Å². The first-order valence-electron chi connectivity index (χ1n) is 7.74. The van der Waals surface area contributed by atoms with Crippen molar-refractivity contribution in [2.75, 3.05) is 10.6 Å². The number of fused-ring (bicyclic) bond motifs is 2. The molecular formula is C19H12FN3O2S. The Balaban J connectivity index is 1.65. The first-order valence-corrected chi connectivity index (χ1v) is 8.56. The Hall–Kier alpha value is -3.19. The van der Waals surface area contributed by atoms with Crippen LogP contribution < -0.4 is 10.6 Å². The molecule has 1 aromatic heterocycles. The molecule has 0 saturated carbocycles. The largest absolute Gasteiger partial charge is 0.322 e. The van der Waals surface area contributed by atoms with Crippen LogP contribution in [-0.2, 0) is 0 Å². The van der Waals surface area contributed by atoms with Gasteiger partial charge in [-0.15, -0.1) is 0 Å². The van der Waals surface area contributed by atoms with Gasteiger partial charge in [0, 0.05) is 33.4 Å². The summed E-state index contributed by atoms with van der Waals surface area (Å²) in [6, 6.07) is 12.4. The fourth-order valence-electron chi connectivity index (χ4n) is 2.57. The molecule has 1 aliphatic rings. The van der Waals surface area contributed by atoms with Crippen LogP contribution in [0.25, 0.3) is 0 Å². The molecule has 0 unspecified atom stereocenters. The summed E-state index contributed by atoms with van der Waals surface area (Å²) in [5, 5.41) is 5.55. The molecule has 128 valence electrons. The van der Waals surface area contributed by atoms with Crippen molar-refractivity contribution in [3.8, 4) is 0 Å². The van der Waals surface area contributed by atoms with E-state index in [0.29, 0.717) is 27.4 Å². The number of anilines is 2. The van der Waals surface area contributed by atoms with E-state index < -0.39 is 5.82 Å². The maximum Gasteiger partial charge on any atom is 0.256 e. The lowest BCUT2D eigenvalue weighted by molar-refractivity contribution is 0.101. The van der Waals surface area contributed by atoms with Gasteiger partial charge in [0.1, 0.15) is 5.82 Å². The first kappa shape index (κ1) is 16.3. The van der Waals surface area contributed by atoms with Gasteiger partial charge in [-0.05, 0) is 48.5 Å². The van der Waals surface area contributed by atoms with Gasteiger partial charge < -0.3 is 10.6 Å². The van der Waals surface area contributed by atoms with Crippen LogP contribution >= 0.6 is 11.8 Å². The number of pyridine rings is 1. The minimum Gasteiger partial charge on any atom is -0.322 e. The smallest absolute Gasteiger partial charge is 0.256 e. The van der Waals surface area contributed by atoms with Gasteiger partial charge in [0.15, 0.2) is 0 Å². The van der Waals surface area contributed by atoms with Crippen LogP contribution in [0, 0.1) is 5.82 Å². The van der Waals surface area contributed by atoms with Crippen LogP contribution in [0.3, 0.4) is 0 Å². The number of carbonyl (C=O) groups excluding carboxylic acids is 2. The average Bonchev–Trinajstić information content (AvgIpc) is 2.77. The van der Waals surface area contributed by atoms with E-state index in [9.17, 15) is 14.0 Å². The van der Waals surface area contributed by atoms with E-state index in [1.807, 2.05) is 0 Å². The zero-order valence-corrected chi connectivity index (χ0v) is 14.1. The van der Waals surface area contributed by atoms with E-state index in [0.717, 1.165) is 4.90 Å². The molecule has 2 heterocycles. The monoisotopic (exact) mass is 365 g/mol. The topological polar surface area (TPSA) is 71.1 Å². The van der Waals surface area contributed by atoms with E-state index in [1.165, 1.54) is 30.0 Å². The standard InChI is InChI=1S/C19H12FN3O2S/c20-12-2-3-14-17(10-12)26-16-4-1-11(9-15(16)23-19(14)25)18(24)22-13-5-7-21-8-6-13/h1-10H,(H,23,25)(H,21,22,24). The minimum atomic E-state index is -0.402. The Morgan fingerprint density at radius 1 is 1.04 bits per heavy atom. The number of carbonyl (C=O) groups is 2. The second kappa shape index (κ2) is 6.61. The van der Waals surface area contributed by atoms with Crippen LogP contribution in [0.15, 0.2) is 70.7 Å². The summed E-state index contributed by atoms with van der Waals surface area (Å²) < 4.78 is 13.5. The van der Waals surface area contributed by atoms with Crippen LogP contribution in [0.2, 0.25) is 0 Å². The normalized spacial score (nSPS) is 12.4. The van der Waals surface area contributed by atoms with Gasteiger partial charge >= 0.3 is 0 Å². The van der Waals surface area contributed by atoms with Crippen molar-refractivity contribution in [1.82, 2.24) is 4.98 Å². The van der Waals surface area contributed by atoms with Crippen molar-refractivity contribution in [2.45, 2.75) is 9.79 Å². The lowest BCUT2D eigenvalue weighted by Crippen LogP contribution is -2.14. The second-order valence-electron chi connectivity index (χ2n) is 5.60. The van der Waals surface area contributed by atoms with Crippen molar-refractivity contribution < 1.29 is 14.0 Å². The van der Waals surface area contributed by atoms with Gasteiger partial charge in [-0.3, -0.25) is 14.6 Å². The van der Waals surface area contributed by atoms with Gasteiger partial charge in [-0.1, -0.05) is 11.8 Å². The van der Waals surface area contributed by atoms with Gasteiger partial charge in [0.25, 0.3) is 11.8 Å². The third-order valence-electron chi connectivity index (χ3n) is 3.84. The number of amides is 2. The first-order chi connectivity index (χ1) is 12.6. The van der Waals surface area contributed by atoms with Crippen molar-refractivity contribution in [3.05, 3.63) is 77.9 Å². The lowest BCUT2D eigenvalue weighted by Gasteiger charge is -2.09. The summed E-state index contributed by atoms with van der Waals surface area (Å²) in [7, 11) is 0. The Kier molecular flexibility index (Phi) is 4.14. The average molecular weight is 365 g/mol. The molecule has 1 aliphatic heterocycles. The molecule has 7 heteroatoms. The molecule has 0 saturated heterocycles. The molecule has 2 amide bonds. The van der Waals surface area contributed by atoms with Gasteiger partial charge in [0.2, 0.25) is 0 Å². The Morgan fingerprint density at radius 3 is 2.65 bits per heavy atom. The van der Waals surface area contributed by atoms with Crippen molar-refractivity contribution in [1.29, 1.82) is 0 Å². The van der Waals surface area contributed by atoms with Crippen molar-refractivity contribution in [2.24, 2.45) is 0 Å². The highest BCUT2D eigenvalue weighted by molar-refractivity contribution is 7.99. The fraction of sp³-hybridized carbons (Fsp3) is 0. The number of rotatable bonds is 2. The fourth-order valence-corrected chi connectivity index (χ4v) is 3.61. The lowest BCUT2D eigenvalue weighted by atomic mass is 10.1. The maximum atomic E-state index is 13.5. The summed E-state index contributed by atoms with van der Waals surface area (Å²) in [6.07, 6.45) is 3.17. The summed E-state index contributed by atoms with van der Waals surface area (Å²) in [5.74, 6) is -1.04. The summed E-state index contributed by atoms with van der Waals surface area (Å²) in [6.45, 7) is 0. The molecule has 2 N–H and O–H groups in total. The highest BCUT2D eigenvalue weighted by Crippen LogP contribution is 2.39. The summed E-state index contributed by atoms with van der Waals surface area (Å²) in [4.78, 5) is 30.0. The number of aromatic nitrogens is 1. The molecule has 0 atom stereocenters. The molecule has 4 rings (SSSR count). The zero-order chi connectivity index (χ0) is 18.1. The van der Waals surface area contributed by atoms with Crippen LogP contribution in [0.4, 0.5) is 15.8 Å². The molecule has 0 fully saturated rings. The number of benzene rings is 2. The van der Waals surface area contributed by atoms with Gasteiger partial charge in [-0.2, -0.15) is 0 Å². The molecule has 5 nitrogen and oxygen atoms in total. The van der Waals surface area contributed by atoms with Crippen molar-refractivity contribution >= 4 is 35.0 Å². The number of halogens is 1. The number of nitrogens with one attached hydrogen (secondary N) is 2. The molecule has 2 aromatic carbocycles. The van der Waals surface area contributed by atoms with Gasteiger partial charge in [0.05, 0.1) is 11.3 Å². The third-order valence-corrected chi connectivity index (χ3v) is 4.97. The molecule has 0 spiro atoms.